The van der Waals surface area contributed by atoms with Crippen LogP contribution < -0.4 is 15.6 Å². The van der Waals surface area contributed by atoms with Gasteiger partial charge in [-0.25, -0.2) is 4.98 Å². The van der Waals surface area contributed by atoms with E-state index in [0.29, 0.717) is 40.8 Å². The molecular formula is C25H26ClN3O4. The average molecular weight is 468 g/mol. The molecule has 0 radical (unpaired) electrons. The maximum absolute atomic E-state index is 13.4. The molecule has 4 rings (SSSR count). The lowest BCUT2D eigenvalue weighted by Crippen LogP contribution is -2.32. The molecule has 2 atom stereocenters. The highest BCUT2D eigenvalue weighted by atomic mass is 35.5. The van der Waals surface area contributed by atoms with Crippen molar-refractivity contribution in [2.75, 3.05) is 12.4 Å². The highest BCUT2D eigenvalue weighted by Crippen LogP contribution is 2.37. The van der Waals surface area contributed by atoms with Gasteiger partial charge in [0.1, 0.15) is 23.4 Å². The number of halogens is 1. The molecule has 172 valence electrons. The van der Waals surface area contributed by atoms with Crippen LogP contribution in [-0.2, 0) is 22.5 Å². The summed E-state index contributed by atoms with van der Waals surface area (Å²) >= 11 is 6.43. The molecule has 1 aliphatic carbocycles. The molecule has 2 aromatic carbocycles. The fourth-order valence-electron chi connectivity index (χ4n) is 4.37. The lowest BCUT2D eigenvalue weighted by Gasteiger charge is -2.25. The van der Waals surface area contributed by atoms with Gasteiger partial charge in [0, 0.05) is 25.5 Å². The van der Waals surface area contributed by atoms with Crippen molar-refractivity contribution in [3.05, 3.63) is 74.7 Å². The second-order valence-corrected chi connectivity index (χ2v) is 8.37. The molecule has 0 saturated heterocycles. The van der Waals surface area contributed by atoms with Crippen molar-refractivity contribution in [1.29, 1.82) is 0 Å². The second-order valence-electron chi connectivity index (χ2n) is 7.96. The molecule has 3 aromatic rings. The van der Waals surface area contributed by atoms with Gasteiger partial charge in [-0.05, 0) is 43.2 Å². The Morgan fingerprint density at radius 1 is 1.27 bits per heavy atom. The number of esters is 1. The number of rotatable bonds is 6. The highest BCUT2D eigenvalue weighted by molar-refractivity contribution is 6.33. The Morgan fingerprint density at radius 2 is 2.03 bits per heavy atom. The Bertz CT molecular complexity index is 1270. The van der Waals surface area contributed by atoms with Gasteiger partial charge in [0.15, 0.2) is 0 Å². The first-order chi connectivity index (χ1) is 15.8. The van der Waals surface area contributed by atoms with Crippen molar-refractivity contribution in [1.82, 2.24) is 9.55 Å². The molecule has 0 fully saturated rings. The maximum atomic E-state index is 13.4. The zero-order valence-corrected chi connectivity index (χ0v) is 19.8. The summed E-state index contributed by atoms with van der Waals surface area (Å²) in [7, 11) is 1.56. The van der Waals surface area contributed by atoms with Crippen LogP contribution in [0.25, 0.3) is 11.3 Å². The van der Waals surface area contributed by atoms with E-state index in [1.54, 1.807) is 29.9 Å². The molecule has 1 unspecified atom stereocenters. The van der Waals surface area contributed by atoms with Crippen LogP contribution in [0.15, 0.2) is 47.3 Å². The third-order valence-electron chi connectivity index (χ3n) is 5.88. The number of benzene rings is 2. The first-order valence-electron chi connectivity index (χ1n) is 10.8. The van der Waals surface area contributed by atoms with Crippen molar-refractivity contribution in [2.24, 2.45) is 0 Å². The lowest BCUT2D eigenvalue weighted by atomic mass is 10.1. The number of aromatic nitrogens is 2. The molecule has 1 aliphatic rings. The van der Waals surface area contributed by atoms with Crippen molar-refractivity contribution < 1.29 is 14.3 Å². The smallest absolute Gasteiger partial charge is 0.302 e. The summed E-state index contributed by atoms with van der Waals surface area (Å²) < 4.78 is 12.5. The van der Waals surface area contributed by atoms with Crippen molar-refractivity contribution in [3.63, 3.8) is 0 Å². The first kappa shape index (κ1) is 22.9. The quantitative estimate of drug-likeness (QED) is 0.536. The molecule has 33 heavy (non-hydrogen) atoms. The molecule has 7 nitrogen and oxygen atoms in total. The van der Waals surface area contributed by atoms with E-state index in [2.05, 4.69) is 10.3 Å². The zero-order valence-electron chi connectivity index (χ0n) is 19.0. The first-order valence-corrected chi connectivity index (χ1v) is 11.2. The molecular weight excluding hydrogens is 442 g/mol. The number of aryl methyl sites for hydroxylation is 1. The summed E-state index contributed by atoms with van der Waals surface area (Å²) in [5.41, 5.74) is 3.36. The molecule has 8 heteroatoms. The van der Waals surface area contributed by atoms with Crippen LogP contribution >= 0.6 is 11.6 Å². The highest BCUT2D eigenvalue weighted by Gasteiger charge is 2.35. The Hall–Kier alpha value is -3.32. The monoisotopic (exact) mass is 467 g/mol. The van der Waals surface area contributed by atoms with Crippen LogP contribution in [0, 0.1) is 6.92 Å². The number of nitrogens with zero attached hydrogens (tertiary/aromatic N) is 2. The summed E-state index contributed by atoms with van der Waals surface area (Å²) in [6.45, 7) is 5.58. The molecule has 1 heterocycles. The minimum absolute atomic E-state index is 0.256. The van der Waals surface area contributed by atoms with E-state index in [-0.39, 0.29) is 29.4 Å². The third-order valence-corrected chi connectivity index (χ3v) is 6.19. The fraction of sp³-hybridized carbons (Fsp3) is 0.320. The molecule has 0 bridgehead atoms. The normalized spacial score (nSPS) is 16.9. The van der Waals surface area contributed by atoms with E-state index in [1.807, 2.05) is 38.1 Å². The SMILES string of the molecule is CCn1c(NC2c3ccccc3C[C@@H]2OC(C)=O)c(C)nc(-c2ccc(OC)cc2Cl)c1=O. The van der Waals surface area contributed by atoms with Gasteiger partial charge in [-0.3, -0.25) is 14.2 Å². The van der Waals surface area contributed by atoms with E-state index >= 15 is 0 Å². The van der Waals surface area contributed by atoms with E-state index < -0.39 is 0 Å². The van der Waals surface area contributed by atoms with Crippen LogP contribution in [0.5, 0.6) is 5.75 Å². The summed E-state index contributed by atoms with van der Waals surface area (Å²) in [6.07, 6.45) is 0.228. The number of hydrogen-bond donors (Lipinski definition) is 1. The number of methoxy groups -OCH3 is 1. The van der Waals surface area contributed by atoms with Crippen LogP contribution in [0.1, 0.15) is 36.7 Å². The standard InChI is InChI=1S/C25H26ClN3O4/c1-5-29-24(28-22-18-9-7-6-8-16(18)12-21(22)33-15(3)30)14(2)27-23(25(29)31)19-11-10-17(32-4)13-20(19)26/h6-11,13,21-22,28H,5,12H2,1-4H3/t21-,22?/m0/s1. The number of nitrogens with one attached hydrogen (secondary N) is 1. The number of ether oxygens (including phenoxy) is 2. The molecule has 0 saturated carbocycles. The largest absolute Gasteiger partial charge is 0.497 e. The van der Waals surface area contributed by atoms with E-state index in [1.165, 1.54) is 6.92 Å². The Balaban J connectivity index is 1.78. The third kappa shape index (κ3) is 4.33. The Morgan fingerprint density at radius 3 is 2.70 bits per heavy atom. The van der Waals surface area contributed by atoms with Crippen molar-refractivity contribution in [2.45, 2.75) is 45.9 Å². The van der Waals surface area contributed by atoms with Crippen LogP contribution in [0.4, 0.5) is 5.82 Å². The summed E-state index contributed by atoms with van der Waals surface area (Å²) in [5.74, 6) is 0.854. The van der Waals surface area contributed by atoms with E-state index in [0.717, 1.165) is 11.1 Å². The topological polar surface area (TPSA) is 82.5 Å². The van der Waals surface area contributed by atoms with E-state index in [4.69, 9.17) is 21.1 Å². The minimum atomic E-state index is -0.379. The minimum Gasteiger partial charge on any atom is -0.497 e. The molecule has 0 amide bonds. The summed E-state index contributed by atoms with van der Waals surface area (Å²) in [4.78, 5) is 29.8. The maximum Gasteiger partial charge on any atom is 0.302 e. The number of hydrogen-bond acceptors (Lipinski definition) is 6. The van der Waals surface area contributed by atoms with Gasteiger partial charge in [-0.2, -0.15) is 0 Å². The summed E-state index contributed by atoms with van der Waals surface area (Å²) in [5, 5.41) is 3.85. The van der Waals surface area contributed by atoms with Gasteiger partial charge in [0.05, 0.1) is 23.9 Å². The number of anilines is 1. The average Bonchev–Trinajstić information content (AvgIpc) is 3.12. The zero-order chi connectivity index (χ0) is 23.7. The van der Waals surface area contributed by atoms with Crippen molar-refractivity contribution in [3.8, 4) is 17.0 Å². The number of fused-ring (bicyclic) bond motifs is 1. The van der Waals surface area contributed by atoms with Gasteiger partial charge >= 0.3 is 5.97 Å². The lowest BCUT2D eigenvalue weighted by molar-refractivity contribution is -0.146. The fourth-order valence-corrected chi connectivity index (χ4v) is 4.63. The van der Waals surface area contributed by atoms with Gasteiger partial charge in [-0.1, -0.05) is 35.9 Å². The number of carbonyl (C=O) groups excluding carboxylic acids is 1. The Labute approximate surface area is 197 Å². The van der Waals surface area contributed by atoms with Gasteiger partial charge in [0.2, 0.25) is 0 Å². The second kappa shape index (κ2) is 9.27. The molecule has 0 aliphatic heterocycles. The van der Waals surface area contributed by atoms with Crippen LogP contribution in [0.2, 0.25) is 5.02 Å². The van der Waals surface area contributed by atoms with Crippen LogP contribution in [0.3, 0.4) is 0 Å². The molecule has 1 N–H and O–H groups in total. The summed E-state index contributed by atoms with van der Waals surface area (Å²) in [6, 6.07) is 12.8. The van der Waals surface area contributed by atoms with Gasteiger partial charge < -0.3 is 14.8 Å². The van der Waals surface area contributed by atoms with Gasteiger partial charge in [-0.15, -0.1) is 0 Å². The Kier molecular flexibility index (Phi) is 6.42. The molecule has 0 spiro atoms. The molecule has 1 aromatic heterocycles. The van der Waals surface area contributed by atoms with Crippen LogP contribution in [-0.4, -0.2) is 28.7 Å². The van der Waals surface area contributed by atoms with Crippen molar-refractivity contribution >= 4 is 23.4 Å². The predicted molar refractivity (Wildman–Crippen MR) is 128 cm³/mol. The van der Waals surface area contributed by atoms with E-state index in [9.17, 15) is 9.59 Å². The van der Waals surface area contributed by atoms with Gasteiger partial charge in [0.25, 0.3) is 5.56 Å². The predicted octanol–water partition coefficient (Wildman–Crippen LogP) is 4.54. The number of carbonyl (C=O) groups is 1.